The number of nitrogens with zero attached hydrogens (tertiary/aromatic N) is 6. The van der Waals surface area contributed by atoms with Crippen molar-refractivity contribution in [3.8, 4) is 23.1 Å². The molecule has 0 aliphatic heterocycles. The van der Waals surface area contributed by atoms with E-state index in [4.69, 9.17) is 16.0 Å². The molecule has 0 aliphatic rings. The van der Waals surface area contributed by atoms with E-state index in [0.29, 0.717) is 0 Å². The number of hydrogen-bond donors (Lipinski definition) is 2. The molecular formula is C6H4N8O3. The van der Waals surface area contributed by atoms with Gasteiger partial charge in [-0.3, -0.25) is 0 Å². The van der Waals surface area contributed by atoms with E-state index >= 15 is 0 Å². The van der Waals surface area contributed by atoms with Crippen LogP contribution in [0.15, 0.2) is 13.8 Å². The van der Waals surface area contributed by atoms with Gasteiger partial charge >= 0.3 is 0 Å². The summed E-state index contributed by atoms with van der Waals surface area (Å²) >= 11 is 0. The standard InChI is InChI=1S/C6H4N8O3/c7-3-1(10-16-12-3)5-9-6(15-14-5)2-4(8)13-17-11-2/h(H2,7,12)(H2,8,13). The maximum Gasteiger partial charge on any atom is 0.284 e. The maximum atomic E-state index is 5.47. The van der Waals surface area contributed by atoms with E-state index in [1.165, 1.54) is 0 Å². The van der Waals surface area contributed by atoms with Crippen molar-refractivity contribution < 1.29 is 13.8 Å². The van der Waals surface area contributed by atoms with Crippen LogP contribution in [-0.4, -0.2) is 30.8 Å². The molecule has 0 atom stereocenters. The lowest BCUT2D eigenvalue weighted by Crippen LogP contribution is -1.91. The predicted molar refractivity (Wildman–Crippen MR) is 49.7 cm³/mol. The van der Waals surface area contributed by atoms with Crippen molar-refractivity contribution in [2.45, 2.75) is 0 Å². The molecule has 3 aromatic rings. The van der Waals surface area contributed by atoms with Gasteiger partial charge in [0, 0.05) is 0 Å². The minimum absolute atomic E-state index is 0.0288. The highest BCUT2D eigenvalue weighted by atomic mass is 16.6. The number of aromatic nitrogens is 6. The Kier molecular flexibility index (Phi) is 1.78. The Morgan fingerprint density at radius 3 is 2.00 bits per heavy atom. The lowest BCUT2D eigenvalue weighted by molar-refractivity contribution is 0.308. The van der Waals surface area contributed by atoms with Gasteiger partial charge in [-0.2, -0.15) is 4.98 Å². The Balaban J connectivity index is 2.05. The minimum Gasteiger partial charge on any atom is -0.379 e. The van der Waals surface area contributed by atoms with Crippen molar-refractivity contribution in [2.24, 2.45) is 0 Å². The van der Waals surface area contributed by atoms with Gasteiger partial charge in [0.2, 0.25) is 17.3 Å². The molecule has 0 unspecified atom stereocenters. The Bertz CT molecular complexity index is 599. The summed E-state index contributed by atoms with van der Waals surface area (Å²) in [5, 5.41) is 17.4. The molecule has 0 radical (unpaired) electrons. The van der Waals surface area contributed by atoms with Crippen molar-refractivity contribution in [3.63, 3.8) is 0 Å². The van der Waals surface area contributed by atoms with Gasteiger partial charge < -0.3 is 16.0 Å². The minimum atomic E-state index is 0.0288. The second-order valence-electron chi connectivity index (χ2n) is 2.92. The Morgan fingerprint density at radius 2 is 1.41 bits per heavy atom. The van der Waals surface area contributed by atoms with E-state index in [1.807, 2.05) is 0 Å². The monoisotopic (exact) mass is 236 g/mol. The molecule has 0 fully saturated rings. The average Bonchev–Trinajstić information content (AvgIpc) is 2.97. The first-order valence-electron chi connectivity index (χ1n) is 4.26. The highest BCUT2D eigenvalue weighted by Gasteiger charge is 2.21. The van der Waals surface area contributed by atoms with Gasteiger partial charge in [0.05, 0.1) is 0 Å². The first kappa shape index (κ1) is 9.26. The molecule has 0 amide bonds. The molecule has 0 saturated heterocycles. The summed E-state index contributed by atoms with van der Waals surface area (Å²) in [5.74, 6) is 0.206. The van der Waals surface area contributed by atoms with Crippen LogP contribution in [0.2, 0.25) is 0 Å². The van der Waals surface area contributed by atoms with Gasteiger partial charge in [-0.25, -0.2) is 9.26 Å². The van der Waals surface area contributed by atoms with E-state index in [2.05, 4.69) is 40.0 Å². The van der Waals surface area contributed by atoms with Crippen LogP contribution in [0.3, 0.4) is 0 Å². The third kappa shape index (κ3) is 1.37. The molecule has 3 rings (SSSR count). The maximum absolute atomic E-state index is 5.47. The van der Waals surface area contributed by atoms with Crippen LogP contribution < -0.4 is 11.5 Å². The SMILES string of the molecule is Nc1nonc1-c1noc(-c2nonc2N)n1. The molecule has 11 heteroatoms. The fourth-order valence-corrected chi connectivity index (χ4v) is 1.11. The van der Waals surface area contributed by atoms with Crippen molar-refractivity contribution in [1.29, 1.82) is 0 Å². The van der Waals surface area contributed by atoms with Crippen LogP contribution in [0.1, 0.15) is 0 Å². The summed E-state index contributed by atoms with van der Waals surface area (Å²) in [6, 6.07) is 0. The third-order valence-electron chi connectivity index (χ3n) is 1.87. The largest absolute Gasteiger partial charge is 0.379 e. The molecule has 11 nitrogen and oxygen atoms in total. The Hall–Kier alpha value is -2.98. The number of nitrogen functional groups attached to an aromatic ring is 2. The van der Waals surface area contributed by atoms with Crippen molar-refractivity contribution >= 4 is 11.6 Å². The van der Waals surface area contributed by atoms with Crippen LogP contribution in [0.4, 0.5) is 11.6 Å². The summed E-state index contributed by atoms with van der Waals surface area (Å²) in [7, 11) is 0. The van der Waals surface area contributed by atoms with E-state index in [9.17, 15) is 0 Å². The highest BCUT2D eigenvalue weighted by molar-refractivity contribution is 5.66. The predicted octanol–water partition coefficient (Wildman–Crippen LogP) is -0.666. The molecule has 86 valence electrons. The number of nitrogens with two attached hydrogens (primary N) is 2. The summed E-state index contributed by atoms with van der Waals surface area (Å²) in [4.78, 5) is 3.95. The molecule has 3 aromatic heterocycles. The summed E-state index contributed by atoms with van der Waals surface area (Å²) in [6.07, 6.45) is 0. The van der Waals surface area contributed by atoms with Crippen LogP contribution >= 0.6 is 0 Å². The molecule has 17 heavy (non-hydrogen) atoms. The quantitative estimate of drug-likeness (QED) is 0.578. The van der Waals surface area contributed by atoms with Gasteiger partial charge in [0.15, 0.2) is 11.5 Å². The second kappa shape index (κ2) is 3.26. The van der Waals surface area contributed by atoms with Crippen molar-refractivity contribution in [3.05, 3.63) is 0 Å². The first-order valence-corrected chi connectivity index (χ1v) is 4.26. The summed E-state index contributed by atoms with van der Waals surface area (Å²) in [5.41, 5.74) is 11.2. The van der Waals surface area contributed by atoms with Gasteiger partial charge in [-0.05, 0) is 20.6 Å². The molecule has 0 spiro atoms. The van der Waals surface area contributed by atoms with E-state index in [1.54, 1.807) is 0 Å². The van der Waals surface area contributed by atoms with Crippen molar-refractivity contribution in [2.75, 3.05) is 11.5 Å². The lowest BCUT2D eigenvalue weighted by atomic mass is 10.4. The zero-order valence-electron chi connectivity index (χ0n) is 8.06. The summed E-state index contributed by atoms with van der Waals surface area (Å²) in [6.45, 7) is 0. The molecule has 4 N–H and O–H groups in total. The molecule has 3 heterocycles. The first-order chi connectivity index (χ1) is 8.25. The fourth-order valence-electron chi connectivity index (χ4n) is 1.11. The van der Waals surface area contributed by atoms with Gasteiger partial charge in [-0.15, -0.1) is 0 Å². The normalized spacial score (nSPS) is 10.8. The summed E-state index contributed by atoms with van der Waals surface area (Å²) < 4.78 is 13.7. The number of rotatable bonds is 2. The molecule has 0 aliphatic carbocycles. The zero-order valence-corrected chi connectivity index (χ0v) is 8.06. The van der Waals surface area contributed by atoms with Gasteiger partial charge in [0.25, 0.3) is 5.89 Å². The number of hydrogen-bond acceptors (Lipinski definition) is 11. The highest BCUT2D eigenvalue weighted by Crippen LogP contribution is 2.24. The van der Waals surface area contributed by atoms with Crippen LogP contribution in [0.5, 0.6) is 0 Å². The third-order valence-corrected chi connectivity index (χ3v) is 1.87. The van der Waals surface area contributed by atoms with Gasteiger partial charge in [-0.1, -0.05) is 5.16 Å². The fraction of sp³-hybridized carbons (Fsp3) is 0. The topological polar surface area (TPSA) is 169 Å². The molecule has 0 aromatic carbocycles. The van der Waals surface area contributed by atoms with Crippen LogP contribution in [0, 0.1) is 0 Å². The zero-order chi connectivity index (χ0) is 11.8. The smallest absolute Gasteiger partial charge is 0.284 e. The van der Waals surface area contributed by atoms with Crippen molar-refractivity contribution in [1.82, 2.24) is 30.8 Å². The van der Waals surface area contributed by atoms with Crippen LogP contribution in [-0.2, 0) is 0 Å². The molecule has 0 bridgehead atoms. The van der Waals surface area contributed by atoms with E-state index < -0.39 is 0 Å². The Labute approximate surface area is 91.7 Å². The average molecular weight is 236 g/mol. The second-order valence-corrected chi connectivity index (χ2v) is 2.92. The van der Waals surface area contributed by atoms with E-state index in [0.717, 1.165) is 0 Å². The molecular weight excluding hydrogens is 232 g/mol. The molecule has 0 saturated carbocycles. The van der Waals surface area contributed by atoms with Gasteiger partial charge in [0.1, 0.15) is 0 Å². The van der Waals surface area contributed by atoms with E-state index in [-0.39, 0.29) is 34.7 Å². The lowest BCUT2D eigenvalue weighted by Gasteiger charge is -1.84. The Morgan fingerprint density at radius 1 is 0.765 bits per heavy atom. The van der Waals surface area contributed by atoms with Crippen LogP contribution in [0.25, 0.3) is 23.1 Å². The number of anilines is 2.